The van der Waals surface area contributed by atoms with Gasteiger partial charge in [-0.15, -0.1) is 0 Å². The molecule has 4 nitrogen and oxygen atoms in total. The van der Waals surface area contributed by atoms with E-state index in [-0.39, 0.29) is 5.91 Å². The first-order valence-corrected chi connectivity index (χ1v) is 6.54. The number of carbonyl (C=O) groups is 1. The van der Waals surface area contributed by atoms with E-state index in [1.165, 1.54) is 4.90 Å². The minimum atomic E-state index is -0.133. The zero-order valence-electron chi connectivity index (χ0n) is 10.5. The summed E-state index contributed by atoms with van der Waals surface area (Å²) in [6.45, 7) is 3.92. The highest BCUT2D eigenvalue weighted by molar-refractivity contribution is 7.80. The number of nitrogens with one attached hydrogen (secondary N) is 2. The van der Waals surface area contributed by atoms with Crippen molar-refractivity contribution in [2.45, 2.75) is 0 Å². The Morgan fingerprint density at radius 3 is 2.50 bits per heavy atom. The number of hydrogen-bond acceptors (Lipinski definition) is 2. The molecule has 96 valence electrons. The Morgan fingerprint density at radius 2 is 1.89 bits per heavy atom. The van der Waals surface area contributed by atoms with Crippen LogP contribution in [-0.2, 0) is 0 Å². The normalized spacial score (nSPS) is 16.4. The van der Waals surface area contributed by atoms with Gasteiger partial charge in [-0.05, 0) is 24.4 Å². The molecule has 0 atom stereocenters. The molecule has 1 heterocycles. The molecular formula is C13H18N3OS+. The van der Waals surface area contributed by atoms with E-state index < -0.39 is 0 Å². The van der Waals surface area contributed by atoms with Crippen LogP contribution in [-0.4, -0.2) is 49.1 Å². The van der Waals surface area contributed by atoms with Crippen LogP contribution in [0.1, 0.15) is 10.4 Å². The van der Waals surface area contributed by atoms with E-state index >= 15 is 0 Å². The summed E-state index contributed by atoms with van der Waals surface area (Å²) in [5.41, 5.74) is 0.639. The van der Waals surface area contributed by atoms with Crippen molar-refractivity contribution >= 4 is 23.2 Å². The molecule has 0 bridgehead atoms. The lowest BCUT2D eigenvalue weighted by molar-refractivity contribution is -0.883. The third-order valence-corrected chi connectivity index (χ3v) is 3.52. The summed E-state index contributed by atoms with van der Waals surface area (Å²) in [6.07, 6.45) is 0. The predicted octanol–water partition coefficient (Wildman–Crippen LogP) is -0.468. The largest absolute Gasteiger partial charge is 0.338 e. The summed E-state index contributed by atoms with van der Waals surface area (Å²) in [7, 11) is 2.17. The summed E-state index contributed by atoms with van der Waals surface area (Å²) in [4.78, 5) is 15.5. The van der Waals surface area contributed by atoms with Gasteiger partial charge in [0.2, 0.25) is 0 Å². The molecular weight excluding hydrogens is 246 g/mol. The fourth-order valence-corrected chi connectivity index (χ4v) is 2.20. The molecule has 1 aromatic rings. The summed E-state index contributed by atoms with van der Waals surface area (Å²) in [6, 6.07) is 9.14. The van der Waals surface area contributed by atoms with Crippen molar-refractivity contribution in [3.63, 3.8) is 0 Å². The minimum Gasteiger partial charge on any atom is -0.338 e. The molecule has 0 unspecified atom stereocenters. The first-order chi connectivity index (χ1) is 8.66. The van der Waals surface area contributed by atoms with Gasteiger partial charge >= 0.3 is 0 Å². The van der Waals surface area contributed by atoms with Gasteiger partial charge in [-0.2, -0.15) is 0 Å². The Kier molecular flexibility index (Phi) is 4.28. The van der Waals surface area contributed by atoms with Crippen LogP contribution in [0.2, 0.25) is 0 Å². The van der Waals surface area contributed by atoms with Crippen LogP contribution in [0.25, 0.3) is 0 Å². The molecule has 0 radical (unpaired) electrons. The molecule has 1 aliphatic rings. The molecule has 1 aliphatic heterocycles. The van der Waals surface area contributed by atoms with Crippen LogP contribution in [0.5, 0.6) is 0 Å². The van der Waals surface area contributed by atoms with Gasteiger partial charge in [0.25, 0.3) is 5.91 Å². The quantitative estimate of drug-likeness (QED) is 0.674. The van der Waals surface area contributed by atoms with Gasteiger partial charge in [-0.1, -0.05) is 18.2 Å². The Bertz CT molecular complexity index is 427. The molecule has 0 aliphatic carbocycles. The van der Waals surface area contributed by atoms with E-state index in [9.17, 15) is 4.79 Å². The zero-order valence-corrected chi connectivity index (χ0v) is 11.3. The SMILES string of the molecule is C[NH+]1CCN(C(=S)NC(=O)c2ccccc2)CC1. The molecule has 1 saturated heterocycles. The molecule has 0 saturated carbocycles. The highest BCUT2D eigenvalue weighted by Crippen LogP contribution is 1.99. The zero-order chi connectivity index (χ0) is 13.0. The number of rotatable bonds is 1. The average Bonchev–Trinajstić information content (AvgIpc) is 2.40. The Labute approximate surface area is 113 Å². The maximum absolute atomic E-state index is 11.9. The lowest BCUT2D eigenvalue weighted by atomic mass is 10.2. The maximum atomic E-state index is 11.9. The summed E-state index contributed by atoms with van der Waals surface area (Å²) >= 11 is 5.27. The number of nitrogens with zero attached hydrogens (tertiary/aromatic N) is 1. The van der Waals surface area contributed by atoms with E-state index in [1.807, 2.05) is 18.2 Å². The highest BCUT2D eigenvalue weighted by Gasteiger charge is 2.20. The number of piperazine rings is 1. The van der Waals surface area contributed by atoms with E-state index in [1.54, 1.807) is 12.1 Å². The molecule has 1 amide bonds. The lowest BCUT2D eigenvalue weighted by Crippen LogP contribution is -3.12. The topological polar surface area (TPSA) is 36.8 Å². The van der Waals surface area contributed by atoms with Crippen molar-refractivity contribution < 1.29 is 9.69 Å². The molecule has 1 fully saturated rings. The van der Waals surface area contributed by atoms with Crippen molar-refractivity contribution in [2.24, 2.45) is 0 Å². The van der Waals surface area contributed by atoms with Crippen molar-refractivity contribution in [3.8, 4) is 0 Å². The van der Waals surface area contributed by atoms with Gasteiger partial charge in [0.05, 0.1) is 33.2 Å². The van der Waals surface area contributed by atoms with Gasteiger partial charge in [0.15, 0.2) is 5.11 Å². The smallest absolute Gasteiger partial charge is 0.257 e. The summed E-state index contributed by atoms with van der Waals surface area (Å²) < 4.78 is 0. The molecule has 0 spiro atoms. The standard InChI is InChI=1S/C13H17N3OS/c1-15-7-9-16(10-8-15)13(18)14-12(17)11-5-3-2-4-6-11/h2-6H,7-10H2,1H3,(H,14,17,18)/p+1. The van der Waals surface area contributed by atoms with Crippen LogP contribution >= 0.6 is 12.2 Å². The second-order valence-electron chi connectivity index (χ2n) is 4.57. The van der Waals surface area contributed by atoms with Crippen molar-refractivity contribution in [2.75, 3.05) is 33.2 Å². The number of amides is 1. The number of likely N-dealkylation sites (N-methyl/N-ethyl adjacent to an activating group) is 1. The first-order valence-electron chi connectivity index (χ1n) is 6.13. The lowest BCUT2D eigenvalue weighted by Gasteiger charge is -2.31. The number of thiocarbonyl (C=S) groups is 1. The van der Waals surface area contributed by atoms with E-state index in [0.717, 1.165) is 26.2 Å². The number of carbonyl (C=O) groups excluding carboxylic acids is 1. The van der Waals surface area contributed by atoms with E-state index in [4.69, 9.17) is 12.2 Å². The number of benzene rings is 1. The van der Waals surface area contributed by atoms with Crippen LogP contribution < -0.4 is 10.2 Å². The molecule has 2 N–H and O–H groups in total. The highest BCUT2D eigenvalue weighted by atomic mass is 32.1. The minimum absolute atomic E-state index is 0.133. The van der Waals surface area contributed by atoms with Crippen LogP contribution in [0, 0.1) is 0 Å². The van der Waals surface area contributed by atoms with Gasteiger partial charge in [0.1, 0.15) is 0 Å². The molecule has 0 aromatic heterocycles. The fourth-order valence-electron chi connectivity index (χ4n) is 1.93. The summed E-state index contributed by atoms with van der Waals surface area (Å²) in [5.74, 6) is -0.133. The van der Waals surface area contributed by atoms with Crippen molar-refractivity contribution in [1.82, 2.24) is 10.2 Å². The Morgan fingerprint density at radius 1 is 1.28 bits per heavy atom. The molecule has 5 heteroatoms. The van der Waals surface area contributed by atoms with E-state index in [2.05, 4.69) is 17.3 Å². The van der Waals surface area contributed by atoms with Crippen LogP contribution in [0.3, 0.4) is 0 Å². The van der Waals surface area contributed by atoms with Crippen molar-refractivity contribution in [1.29, 1.82) is 0 Å². The second kappa shape index (κ2) is 5.93. The predicted molar refractivity (Wildman–Crippen MR) is 74.7 cm³/mol. The number of quaternary nitrogens is 1. The van der Waals surface area contributed by atoms with Gasteiger partial charge < -0.3 is 9.80 Å². The van der Waals surface area contributed by atoms with E-state index in [0.29, 0.717) is 10.7 Å². The van der Waals surface area contributed by atoms with Crippen LogP contribution in [0.15, 0.2) is 30.3 Å². The second-order valence-corrected chi connectivity index (χ2v) is 4.96. The third-order valence-electron chi connectivity index (χ3n) is 3.16. The monoisotopic (exact) mass is 264 g/mol. The van der Waals surface area contributed by atoms with Gasteiger partial charge in [0, 0.05) is 5.56 Å². The molecule has 18 heavy (non-hydrogen) atoms. The Hall–Kier alpha value is -1.46. The van der Waals surface area contributed by atoms with Gasteiger partial charge in [-0.3, -0.25) is 10.1 Å². The maximum Gasteiger partial charge on any atom is 0.257 e. The Balaban J connectivity index is 1.90. The first kappa shape index (κ1) is 13.0. The molecule has 2 rings (SSSR count). The van der Waals surface area contributed by atoms with Gasteiger partial charge in [-0.25, -0.2) is 0 Å². The third kappa shape index (κ3) is 3.27. The number of hydrogen-bond donors (Lipinski definition) is 2. The van der Waals surface area contributed by atoms with Crippen LogP contribution in [0.4, 0.5) is 0 Å². The fraction of sp³-hybridized carbons (Fsp3) is 0.385. The average molecular weight is 264 g/mol. The van der Waals surface area contributed by atoms with Crippen molar-refractivity contribution in [3.05, 3.63) is 35.9 Å². The summed E-state index contributed by atoms with van der Waals surface area (Å²) in [5, 5.41) is 3.33. The molecule has 1 aromatic carbocycles.